The quantitative estimate of drug-likeness (QED) is 0.691. The highest BCUT2D eigenvalue weighted by molar-refractivity contribution is 5.82. The number of aliphatic hydroxyl groups is 1. The van der Waals surface area contributed by atoms with Crippen LogP contribution in [0.4, 0.5) is 5.82 Å². The second-order valence-electron chi connectivity index (χ2n) is 8.43. The minimum atomic E-state index is -0.195. The number of hydrogen-bond acceptors (Lipinski definition) is 7. The number of anilines is 1. The first-order valence-electron chi connectivity index (χ1n) is 11.1. The maximum atomic E-state index is 9.48. The first-order valence-corrected chi connectivity index (χ1v) is 11.1. The van der Waals surface area contributed by atoms with E-state index in [0.717, 1.165) is 48.5 Å². The lowest BCUT2D eigenvalue weighted by atomic mass is 9.96. The van der Waals surface area contributed by atoms with Gasteiger partial charge in [0, 0.05) is 31.1 Å². The van der Waals surface area contributed by atoms with E-state index < -0.39 is 0 Å². The van der Waals surface area contributed by atoms with Crippen molar-refractivity contribution in [2.75, 3.05) is 37.8 Å². The molecule has 8 heteroatoms. The molecule has 31 heavy (non-hydrogen) atoms. The summed E-state index contributed by atoms with van der Waals surface area (Å²) in [4.78, 5) is 11.5. The van der Waals surface area contributed by atoms with Crippen molar-refractivity contribution in [1.82, 2.24) is 19.7 Å². The molecule has 1 aromatic carbocycles. The lowest BCUT2D eigenvalue weighted by Crippen LogP contribution is -2.44. The number of nitrogens with zero attached hydrogens (tertiary/aromatic N) is 5. The normalized spacial score (nSPS) is 22.2. The fourth-order valence-corrected chi connectivity index (χ4v) is 4.56. The van der Waals surface area contributed by atoms with Crippen LogP contribution >= 0.6 is 0 Å². The average molecular weight is 424 g/mol. The molecule has 0 bridgehead atoms. The SMILES string of the molecule is Cc1nc(N2CCOC(CO)C2)cc(-n2ncc3cc(C)c(C4CCCCO4)cc32)n1. The molecule has 2 saturated heterocycles. The first-order chi connectivity index (χ1) is 15.1. The molecule has 2 fully saturated rings. The van der Waals surface area contributed by atoms with E-state index in [2.05, 4.69) is 39.0 Å². The number of benzene rings is 1. The molecule has 2 aliphatic rings. The van der Waals surface area contributed by atoms with Crippen LogP contribution in [-0.2, 0) is 9.47 Å². The Morgan fingerprint density at radius 3 is 2.74 bits per heavy atom. The highest BCUT2D eigenvalue weighted by atomic mass is 16.5. The third-order valence-electron chi connectivity index (χ3n) is 6.18. The highest BCUT2D eigenvalue weighted by Gasteiger charge is 2.23. The molecule has 164 valence electrons. The Morgan fingerprint density at radius 1 is 1.06 bits per heavy atom. The minimum absolute atomic E-state index is 0.00256. The summed E-state index contributed by atoms with van der Waals surface area (Å²) >= 11 is 0. The molecular formula is C23H29N5O3. The van der Waals surface area contributed by atoms with Crippen LogP contribution in [0.15, 0.2) is 24.4 Å². The van der Waals surface area contributed by atoms with Crippen molar-refractivity contribution in [3.63, 3.8) is 0 Å². The van der Waals surface area contributed by atoms with Crippen LogP contribution in [0, 0.1) is 13.8 Å². The predicted octanol–water partition coefficient (Wildman–Crippen LogP) is 2.87. The molecule has 2 aliphatic heterocycles. The van der Waals surface area contributed by atoms with E-state index in [1.165, 1.54) is 17.5 Å². The van der Waals surface area contributed by atoms with Gasteiger partial charge in [0.2, 0.25) is 0 Å². The van der Waals surface area contributed by atoms with Gasteiger partial charge in [-0.05, 0) is 56.4 Å². The maximum Gasteiger partial charge on any atom is 0.159 e. The smallest absolute Gasteiger partial charge is 0.159 e. The van der Waals surface area contributed by atoms with Crippen LogP contribution in [0.2, 0.25) is 0 Å². The Hall–Kier alpha value is -2.55. The molecule has 0 radical (unpaired) electrons. The molecule has 4 heterocycles. The summed E-state index contributed by atoms with van der Waals surface area (Å²) in [5.74, 6) is 2.26. The van der Waals surface area contributed by atoms with Gasteiger partial charge < -0.3 is 19.5 Å². The fourth-order valence-electron chi connectivity index (χ4n) is 4.56. The summed E-state index contributed by atoms with van der Waals surface area (Å²) in [7, 11) is 0. The molecule has 3 aromatic rings. The number of hydrogen-bond donors (Lipinski definition) is 1. The van der Waals surface area contributed by atoms with Crippen LogP contribution in [0.3, 0.4) is 0 Å². The lowest BCUT2D eigenvalue weighted by molar-refractivity contribution is 0.00335. The molecule has 2 aromatic heterocycles. The monoisotopic (exact) mass is 423 g/mol. The molecule has 0 amide bonds. The molecule has 8 nitrogen and oxygen atoms in total. The summed E-state index contributed by atoms with van der Waals surface area (Å²) in [6, 6.07) is 6.37. The van der Waals surface area contributed by atoms with Gasteiger partial charge in [-0.3, -0.25) is 0 Å². The number of aliphatic hydroxyl groups excluding tert-OH is 1. The van der Waals surface area contributed by atoms with E-state index in [1.807, 2.05) is 23.9 Å². The third-order valence-corrected chi connectivity index (χ3v) is 6.18. The fraction of sp³-hybridized carbons (Fsp3) is 0.522. The van der Waals surface area contributed by atoms with Gasteiger partial charge in [-0.25, -0.2) is 14.6 Å². The zero-order chi connectivity index (χ0) is 21.4. The number of ether oxygens (including phenoxy) is 2. The van der Waals surface area contributed by atoms with E-state index in [4.69, 9.17) is 9.47 Å². The largest absolute Gasteiger partial charge is 0.394 e. The van der Waals surface area contributed by atoms with Crippen LogP contribution in [0.25, 0.3) is 16.7 Å². The van der Waals surface area contributed by atoms with Gasteiger partial charge in [0.05, 0.1) is 37.1 Å². The first kappa shape index (κ1) is 20.4. The molecule has 2 unspecified atom stereocenters. The average Bonchev–Trinajstić information content (AvgIpc) is 3.21. The standard InChI is InChI=1S/C23H29N5O3/c1-15-9-17-12-24-28(20(17)10-19(15)21-5-3-4-7-31-21)23-11-22(25-16(2)26-23)27-6-8-30-18(13-27)14-29/h9-12,18,21,29H,3-8,13-14H2,1-2H3. The van der Waals surface area contributed by atoms with Gasteiger partial charge >= 0.3 is 0 Å². The number of fused-ring (bicyclic) bond motifs is 1. The van der Waals surface area contributed by atoms with Gasteiger partial charge in [0.15, 0.2) is 5.82 Å². The van der Waals surface area contributed by atoms with Gasteiger partial charge in [-0.2, -0.15) is 5.10 Å². The zero-order valence-corrected chi connectivity index (χ0v) is 18.1. The van der Waals surface area contributed by atoms with Crippen molar-refractivity contribution in [3.05, 3.63) is 41.3 Å². The van der Waals surface area contributed by atoms with Crippen molar-refractivity contribution in [1.29, 1.82) is 0 Å². The Balaban J connectivity index is 1.54. The van der Waals surface area contributed by atoms with E-state index in [1.54, 1.807) is 0 Å². The van der Waals surface area contributed by atoms with Gasteiger partial charge in [0.25, 0.3) is 0 Å². The molecule has 2 atom stereocenters. The van der Waals surface area contributed by atoms with Crippen LogP contribution < -0.4 is 4.90 Å². The Labute approximate surface area is 181 Å². The van der Waals surface area contributed by atoms with E-state index in [0.29, 0.717) is 19.0 Å². The van der Waals surface area contributed by atoms with Crippen LogP contribution in [0.1, 0.15) is 42.3 Å². The second kappa shape index (κ2) is 8.53. The molecular weight excluding hydrogens is 394 g/mol. The highest BCUT2D eigenvalue weighted by Crippen LogP contribution is 2.33. The number of morpholine rings is 1. The van der Waals surface area contributed by atoms with Crippen molar-refractivity contribution >= 4 is 16.7 Å². The maximum absolute atomic E-state index is 9.48. The van der Waals surface area contributed by atoms with E-state index in [9.17, 15) is 5.11 Å². The van der Waals surface area contributed by atoms with Crippen LogP contribution in [0.5, 0.6) is 0 Å². The molecule has 5 rings (SSSR count). The summed E-state index contributed by atoms with van der Waals surface area (Å²) in [6.45, 7) is 6.77. The van der Waals surface area contributed by atoms with E-state index >= 15 is 0 Å². The van der Waals surface area contributed by atoms with Crippen LogP contribution in [-0.4, -0.2) is 63.9 Å². The number of aromatic nitrogens is 4. The van der Waals surface area contributed by atoms with Crippen molar-refractivity contribution in [2.24, 2.45) is 0 Å². The molecule has 1 N–H and O–H groups in total. The predicted molar refractivity (Wildman–Crippen MR) is 118 cm³/mol. The zero-order valence-electron chi connectivity index (χ0n) is 18.1. The summed E-state index contributed by atoms with van der Waals surface area (Å²) in [5, 5.41) is 15.2. The second-order valence-corrected chi connectivity index (χ2v) is 8.43. The summed E-state index contributed by atoms with van der Waals surface area (Å²) < 4.78 is 13.5. The Morgan fingerprint density at radius 2 is 1.94 bits per heavy atom. The van der Waals surface area contributed by atoms with Gasteiger partial charge in [-0.15, -0.1) is 0 Å². The number of rotatable bonds is 4. The van der Waals surface area contributed by atoms with Crippen molar-refractivity contribution in [3.8, 4) is 5.82 Å². The summed E-state index contributed by atoms with van der Waals surface area (Å²) in [5.41, 5.74) is 3.50. The van der Waals surface area contributed by atoms with Crippen molar-refractivity contribution in [2.45, 2.75) is 45.3 Å². The van der Waals surface area contributed by atoms with E-state index in [-0.39, 0.29) is 18.8 Å². The Bertz CT molecular complexity index is 1080. The molecule has 0 aliphatic carbocycles. The Kier molecular flexibility index (Phi) is 5.60. The van der Waals surface area contributed by atoms with Gasteiger partial charge in [0.1, 0.15) is 11.6 Å². The topological polar surface area (TPSA) is 85.5 Å². The molecule has 0 saturated carbocycles. The molecule has 0 spiro atoms. The van der Waals surface area contributed by atoms with Crippen molar-refractivity contribution < 1.29 is 14.6 Å². The summed E-state index contributed by atoms with van der Waals surface area (Å²) in [6.07, 6.45) is 5.23. The minimum Gasteiger partial charge on any atom is -0.394 e. The lowest BCUT2D eigenvalue weighted by Gasteiger charge is -2.33. The third kappa shape index (κ3) is 4.03. The van der Waals surface area contributed by atoms with Gasteiger partial charge in [-0.1, -0.05) is 0 Å². The number of aryl methyl sites for hydroxylation is 2.